The third-order valence-electron chi connectivity index (χ3n) is 1.23. The van der Waals surface area contributed by atoms with Crippen molar-refractivity contribution >= 4 is 14.4 Å². The van der Waals surface area contributed by atoms with Gasteiger partial charge in [-0.25, -0.2) is 0 Å². The van der Waals surface area contributed by atoms with Crippen LogP contribution in [0.25, 0.3) is 0 Å². The Labute approximate surface area is 69.9 Å². The minimum atomic E-state index is 0.767. The van der Waals surface area contributed by atoms with Gasteiger partial charge >= 0.3 is 9.13 Å². The maximum Gasteiger partial charge on any atom is 0.503 e. The Morgan fingerprint density at radius 1 is 1.45 bits per heavy atom. The fraction of sp³-hybridized carbons (Fsp3) is 0.222. The molecule has 1 N–H and O–H groups in total. The molecule has 1 aliphatic heterocycles. The topological polar surface area (TPSA) is 12.0 Å². The molecule has 0 spiro atoms. The van der Waals surface area contributed by atoms with E-state index in [9.17, 15) is 0 Å². The molecule has 0 saturated heterocycles. The van der Waals surface area contributed by atoms with Gasteiger partial charge < -0.3 is 5.32 Å². The van der Waals surface area contributed by atoms with Gasteiger partial charge in [0.15, 0.2) is 0 Å². The summed E-state index contributed by atoms with van der Waals surface area (Å²) < 4.78 is 0. The molecule has 0 unspecified atom stereocenters. The Morgan fingerprint density at radius 2 is 2.27 bits per heavy atom. The first-order valence-corrected chi connectivity index (χ1v) is 4.73. The summed E-state index contributed by atoms with van der Waals surface area (Å²) in [5, 5.41) is 4.48. The number of hydrogen-bond acceptors (Lipinski definition) is 1. The largest absolute Gasteiger partial charge is 0.503 e. The van der Waals surface area contributed by atoms with Crippen LogP contribution >= 0.6 is 0 Å². The standard InChI is InChI=1S/C9H12NSi/c1-8(2)7-11-9-5-3-4-6-10-9/h3-7,10H,1-2H3/q+1. The second-order valence-corrected chi connectivity index (χ2v) is 3.76. The predicted octanol–water partition coefficient (Wildman–Crippen LogP) is 1.42. The molecule has 1 heterocycles. The minimum Gasteiger partial charge on any atom is -0.333 e. The molecule has 0 fully saturated rings. The summed E-state index contributed by atoms with van der Waals surface area (Å²) >= 11 is 0. The molecule has 56 valence electrons. The van der Waals surface area contributed by atoms with Crippen molar-refractivity contribution in [1.29, 1.82) is 0 Å². The lowest BCUT2D eigenvalue weighted by molar-refractivity contribution is 1.30. The Kier molecular flexibility index (Phi) is 3.05. The Hall–Kier alpha value is -0.893. The lowest BCUT2D eigenvalue weighted by Crippen LogP contribution is -2.19. The first-order chi connectivity index (χ1) is 5.29. The Morgan fingerprint density at radius 3 is 2.82 bits per heavy atom. The van der Waals surface area contributed by atoms with E-state index in [1.807, 2.05) is 12.3 Å². The molecule has 0 aromatic carbocycles. The van der Waals surface area contributed by atoms with Gasteiger partial charge in [0, 0.05) is 6.20 Å². The highest BCUT2D eigenvalue weighted by Gasteiger charge is 2.03. The Bertz CT molecular complexity index is 242. The molecular formula is C9H12NSi+. The van der Waals surface area contributed by atoms with E-state index >= 15 is 0 Å². The molecule has 11 heavy (non-hydrogen) atoms. The number of rotatable bonds is 1. The second-order valence-electron chi connectivity index (χ2n) is 2.64. The summed E-state index contributed by atoms with van der Waals surface area (Å²) in [5.74, 6) is 0. The normalized spacial score (nSPS) is 17.5. The highest BCUT2D eigenvalue weighted by Crippen LogP contribution is 1.87. The Balaban J connectivity index is 2.61. The molecule has 1 aliphatic rings. The molecule has 1 rings (SSSR count). The van der Waals surface area contributed by atoms with Crippen molar-refractivity contribution in [2.45, 2.75) is 13.8 Å². The van der Waals surface area contributed by atoms with Crippen LogP contribution in [0.3, 0.4) is 0 Å². The average Bonchev–Trinajstić information content (AvgIpc) is 2.03. The number of hydrogen-bond donors (Lipinski definition) is 1. The van der Waals surface area contributed by atoms with Gasteiger partial charge in [-0.05, 0) is 31.6 Å². The molecule has 0 aromatic rings. The maximum atomic E-state index is 3.19. The van der Waals surface area contributed by atoms with Crippen LogP contribution in [0.5, 0.6) is 0 Å². The van der Waals surface area contributed by atoms with Crippen molar-refractivity contribution in [2.75, 3.05) is 0 Å². The zero-order chi connectivity index (χ0) is 8.10. The summed E-state index contributed by atoms with van der Waals surface area (Å²) in [7, 11) is 0.767. The molecule has 0 aliphatic carbocycles. The first kappa shape index (κ1) is 8.21. The van der Waals surface area contributed by atoms with E-state index in [1.54, 1.807) is 0 Å². The van der Waals surface area contributed by atoms with Crippen molar-refractivity contribution < 1.29 is 0 Å². The second kappa shape index (κ2) is 4.08. The van der Waals surface area contributed by atoms with Gasteiger partial charge in [0.05, 0.1) is 0 Å². The highest BCUT2D eigenvalue weighted by molar-refractivity contribution is 6.60. The molecule has 0 atom stereocenters. The van der Waals surface area contributed by atoms with Crippen molar-refractivity contribution in [3.63, 3.8) is 0 Å². The van der Waals surface area contributed by atoms with Gasteiger partial charge in [-0.3, -0.25) is 0 Å². The fourth-order valence-electron chi connectivity index (χ4n) is 0.705. The summed E-state index contributed by atoms with van der Waals surface area (Å²) in [6, 6.07) is 0. The zero-order valence-corrected chi connectivity index (χ0v) is 7.89. The van der Waals surface area contributed by atoms with E-state index in [2.05, 4.69) is 37.0 Å². The van der Waals surface area contributed by atoms with Crippen molar-refractivity contribution in [3.05, 3.63) is 35.7 Å². The lowest BCUT2D eigenvalue weighted by atomic mass is 10.4. The van der Waals surface area contributed by atoms with E-state index in [0.717, 1.165) is 9.13 Å². The van der Waals surface area contributed by atoms with E-state index in [4.69, 9.17) is 0 Å². The summed E-state index contributed by atoms with van der Waals surface area (Å²) in [5.41, 5.74) is 3.62. The highest BCUT2D eigenvalue weighted by atomic mass is 28.2. The van der Waals surface area contributed by atoms with Crippen LogP contribution in [0.15, 0.2) is 35.7 Å². The monoisotopic (exact) mass is 162 g/mol. The molecule has 0 bridgehead atoms. The lowest BCUT2D eigenvalue weighted by Gasteiger charge is -1.93. The van der Waals surface area contributed by atoms with E-state index < -0.39 is 0 Å². The minimum absolute atomic E-state index is 0.767. The third-order valence-corrected chi connectivity index (χ3v) is 2.57. The first-order valence-electron chi connectivity index (χ1n) is 3.65. The quantitative estimate of drug-likeness (QED) is 0.575. The maximum absolute atomic E-state index is 3.19. The summed E-state index contributed by atoms with van der Waals surface area (Å²) in [4.78, 5) is 0. The number of allylic oxidation sites excluding steroid dienone is 3. The molecule has 1 nitrogen and oxygen atoms in total. The van der Waals surface area contributed by atoms with Crippen LogP contribution in [0, 0.1) is 0 Å². The van der Waals surface area contributed by atoms with Crippen LogP contribution in [0.1, 0.15) is 13.8 Å². The molecule has 0 aromatic heterocycles. The SMILES string of the molecule is CC(C)=C[Si+]=C1C=CC=CN1. The van der Waals surface area contributed by atoms with E-state index in [1.165, 1.54) is 10.9 Å². The van der Waals surface area contributed by atoms with Crippen LogP contribution in [0.2, 0.25) is 0 Å². The summed E-state index contributed by atoms with van der Waals surface area (Å²) in [6.45, 7) is 4.24. The van der Waals surface area contributed by atoms with Gasteiger partial charge in [0.25, 0.3) is 0 Å². The van der Waals surface area contributed by atoms with E-state index in [0.29, 0.717) is 0 Å². The smallest absolute Gasteiger partial charge is 0.333 e. The average molecular weight is 162 g/mol. The van der Waals surface area contributed by atoms with Gasteiger partial charge in [-0.1, -0.05) is 6.08 Å². The predicted molar refractivity (Wildman–Crippen MR) is 51.6 cm³/mol. The van der Waals surface area contributed by atoms with Crippen molar-refractivity contribution in [1.82, 2.24) is 5.32 Å². The third kappa shape index (κ3) is 3.14. The van der Waals surface area contributed by atoms with Gasteiger partial charge in [0.2, 0.25) is 5.29 Å². The molecule has 2 heteroatoms. The van der Waals surface area contributed by atoms with Gasteiger partial charge in [-0.2, -0.15) is 0 Å². The van der Waals surface area contributed by atoms with Gasteiger partial charge in [-0.15, -0.1) is 0 Å². The molecule has 0 amide bonds. The summed E-state index contributed by atoms with van der Waals surface area (Å²) in [6.07, 6.45) is 8.12. The van der Waals surface area contributed by atoms with Crippen LogP contribution in [0.4, 0.5) is 0 Å². The van der Waals surface area contributed by atoms with Crippen LogP contribution < -0.4 is 5.32 Å². The fourth-order valence-corrected chi connectivity index (χ4v) is 1.51. The zero-order valence-electron chi connectivity index (χ0n) is 6.89. The van der Waals surface area contributed by atoms with Crippen molar-refractivity contribution in [2.24, 2.45) is 0 Å². The molecule has 0 radical (unpaired) electrons. The van der Waals surface area contributed by atoms with Crippen molar-refractivity contribution in [3.8, 4) is 0 Å². The van der Waals surface area contributed by atoms with E-state index in [-0.39, 0.29) is 0 Å². The number of dihydropyridines is 1. The molecule has 0 saturated carbocycles. The van der Waals surface area contributed by atoms with Crippen LogP contribution in [-0.4, -0.2) is 14.4 Å². The van der Waals surface area contributed by atoms with Crippen LogP contribution in [-0.2, 0) is 0 Å². The van der Waals surface area contributed by atoms with Gasteiger partial charge in [0.1, 0.15) is 5.70 Å². The molecular weight excluding hydrogens is 150 g/mol. The number of nitrogens with one attached hydrogen (secondary N) is 1.